The molecular weight excluding hydrogens is 608 g/mol. The average molecular weight is 649 g/mol. The van der Waals surface area contributed by atoms with Gasteiger partial charge in [0.25, 0.3) is 0 Å². The number of benzene rings is 2. The zero-order valence-electron chi connectivity index (χ0n) is 26.2. The van der Waals surface area contributed by atoms with Crippen LogP contribution in [0.15, 0.2) is 12.1 Å². The number of ether oxygens (including phenoxy) is 4. The number of amides is 1. The third-order valence-corrected chi connectivity index (χ3v) is 8.82. The van der Waals surface area contributed by atoms with E-state index in [4.69, 9.17) is 35.7 Å². The topological polar surface area (TPSA) is 155 Å². The fraction of sp³-hybridized carbons (Fsp3) is 0.531. The SMILES string of the molecule is COc1cc2c(cc1OCCCOc1c(C)c3c(c(Cl)c1OC)CN(C(O)C[C@H](C)C(=O)O)C3)CN(C(=O)C[C@H](C)C(=O)O)C2. The molecule has 0 bridgehead atoms. The fourth-order valence-corrected chi connectivity index (χ4v) is 5.96. The Hall–Kier alpha value is -3.74. The summed E-state index contributed by atoms with van der Waals surface area (Å²) in [5, 5.41) is 29.5. The zero-order chi connectivity index (χ0) is 33.0. The number of nitrogens with zero attached hydrogens (tertiary/aromatic N) is 2. The van der Waals surface area contributed by atoms with Crippen molar-refractivity contribution in [3.05, 3.63) is 45.0 Å². The van der Waals surface area contributed by atoms with Crippen molar-refractivity contribution in [1.29, 1.82) is 0 Å². The molecule has 0 saturated carbocycles. The van der Waals surface area contributed by atoms with Gasteiger partial charge in [-0.3, -0.25) is 19.3 Å². The highest BCUT2D eigenvalue weighted by atomic mass is 35.5. The molecule has 12 nitrogen and oxygen atoms in total. The fourth-order valence-electron chi connectivity index (χ4n) is 5.62. The molecule has 0 radical (unpaired) electrons. The number of aliphatic hydroxyl groups excluding tert-OH is 1. The van der Waals surface area contributed by atoms with E-state index in [1.807, 2.05) is 19.1 Å². The summed E-state index contributed by atoms with van der Waals surface area (Å²) < 4.78 is 23.3. The highest BCUT2D eigenvalue weighted by molar-refractivity contribution is 6.33. The van der Waals surface area contributed by atoms with Gasteiger partial charge in [0.2, 0.25) is 5.91 Å². The first kappa shape index (κ1) is 34.1. The predicted octanol–water partition coefficient (Wildman–Crippen LogP) is 4.21. The molecule has 2 aromatic carbocycles. The molecular formula is C32H41ClN2O10. The smallest absolute Gasteiger partial charge is 0.306 e. The number of methoxy groups -OCH3 is 2. The van der Waals surface area contributed by atoms with E-state index in [1.54, 1.807) is 23.8 Å². The first-order valence-electron chi connectivity index (χ1n) is 14.8. The van der Waals surface area contributed by atoms with Crippen LogP contribution in [0.25, 0.3) is 0 Å². The van der Waals surface area contributed by atoms with E-state index in [-0.39, 0.29) is 18.7 Å². The zero-order valence-corrected chi connectivity index (χ0v) is 27.0. The van der Waals surface area contributed by atoms with Gasteiger partial charge in [0.05, 0.1) is 44.3 Å². The molecule has 246 valence electrons. The van der Waals surface area contributed by atoms with Gasteiger partial charge < -0.3 is 39.2 Å². The number of fused-ring (bicyclic) bond motifs is 2. The Kier molecular flexibility index (Phi) is 11.1. The number of carboxylic acids is 2. The lowest BCUT2D eigenvalue weighted by Crippen LogP contribution is -2.33. The Balaban J connectivity index is 1.36. The summed E-state index contributed by atoms with van der Waals surface area (Å²) in [6.45, 7) is 7.12. The van der Waals surface area contributed by atoms with E-state index < -0.39 is 30.0 Å². The quantitative estimate of drug-likeness (QED) is 0.238. The van der Waals surface area contributed by atoms with Gasteiger partial charge in [-0.1, -0.05) is 25.4 Å². The molecule has 0 fully saturated rings. The number of carbonyl (C=O) groups excluding carboxylic acids is 1. The highest BCUT2D eigenvalue weighted by Crippen LogP contribution is 2.46. The molecule has 45 heavy (non-hydrogen) atoms. The number of aliphatic hydroxyl groups is 1. The number of carboxylic acid groups (broad SMARTS) is 2. The van der Waals surface area contributed by atoms with E-state index in [0.29, 0.717) is 73.8 Å². The van der Waals surface area contributed by atoms with E-state index in [0.717, 1.165) is 27.8 Å². The van der Waals surface area contributed by atoms with Gasteiger partial charge in [0.15, 0.2) is 23.0 Å². The highest BCUT2D eigenvalue weighted by Gasteiger charge is 2.33. The molecule has 0 spiro atoms. The van der Waals surface area contributed by atoms with Crippen LogP contribution in [0, 0.1) is 18.8 Å². The summed E-state index contributed by atoms with van der Waals surface area (Å²) in [4.78, 5) is 38.5. The van der Waals surface area contributed by atoms with Gasteiger partial charge in [-0.05, 0) is 53.3 Å². The molecule has 3 N–H and O–H groups in total. The number of aliphatic carboxylic acids is 2. The van der Waals surface area contributed by atoms with Crippen LogP contribution in [0.4, 0.5) is 0 Å². The molecule has 0 saturated heterocycles. The first-order valence-corrected chi connectivity index (χ1v) is 15.2. The minimum absolute atomic E-state index is 0.0597. The van der Waals surface area contributed by atoms with Gasteiger partial charge in [-0.15, -0.1) is 0 Å². The molecule has 2 aliphatic rings. The summed E-state index contributed by atoms with van der Waals surface area (Å²) in [6, 6.07) is 3.70. The summed E-state index contributed by atoms with van der Waals surface area (Å²) in [7, 11) is 3.06. The second kappa shape index (κ2) is 14.6. The van der Waals surface area contributed by atoms with Crippen LogP contribution in [0.2, 0.25) is 5.02 Å². The largest absolute Gasteiger partial charge is 0.493 e. The molecule has 0 aliphatic carbocycles. The lowest BCUT2D eigenvalue weighted by molar-refractivity contribution is -0.145. The van der Waals surface area contributed by atoms with E-state index in [1.165, 1.54) is 14.0 Å². The van der Waals surface area contributed by atoms with Gasteiger partial charge in [-0.2, -0.15) is 0 Å². The van der Waals surface area contributed by atoms with E-state index in [9.17, 15) is 24.6 Å². The molecule has 4 rings (SSSR count). The van der Waals surface area contributed by atoms with Crippen LogP contribution < -0.4 is 18.9 Å². The number of rotatable bonds is 15. The van der Waals surface area contributed by atoms with Crippen LogP contribution in [-0.2, 0) is 40.6 Å². The van der Waals surface area contributed by atoms with Crippen molar-refractivity contribution in [1.82, 2.24) is 9.80 Å². The van der Waals surface area contributed by atoms with Crippen LogP contribution in [0.5, 0.6) is 23.0 Å². The van der Waals surface area contributed by atoms with Crippen molar-refractivity contribution in [3.63, 3.8) is 0 Å². The summed E-state index contributed by atoms with van der Waals surface area (Å²) in [5.41, 5.74) is 4.43. The number of hydrogen-bond acceptors (Lipinski definition) is 9. The standard InChI is InChI=1S/C32H41ClN2O10/c1-17(31(38)39)9-26(36)34-13-20-11-24(42-4)25(12-21(20)14-34)44-7-6-8-45-29-19(3)22-15-35(27(37)10-18(2)32(40)41)16-23(22)28(33)30(29)43-5/h11-12,17-18,27,37H,6-10,13-16H2,1-5H3,(H,38,39)(H,40,41)/t17-,18-,27?/m0/s1. The van der Waals surface area contributed by atoms with Crippen molar-refractivity contribution in [2.45, 2.75) is 72.4 Å². The Morgan fingerprint density at radius 2 is 1.47 bits per heavy atom. The third kappa shape index (κ3) is 7.57. The molecule has 13 heteroatoms. The molecule has 2 aromatic rings. The lowest BCUT2D eigenvalue weighted by Gasteiger charge is -2.23. The van der Waals surface area contributed by atoms with Crippen LogP contribution in [0.1, 0.15) is 60.9 Å². The van der Waals surface area contributed by atoms with Crippen LogP contribution >= 0.6 is 11.6 Å². The van der Waals surface area contributed by atoms with E-state index >= 15 is 0 Å². The van der Waals surface area contributed by atoms with Crippen LogP contribution in [-0.4, -0.2) is 76.6 Å². The van der Waals surface area contributed by atoms with Gasteiger partial charge in [-0.25, -0.2) is 0 Å². The third-order valence-electron chi connectivity index (χ3n) is 8.42. The monoisotopic (exact) mass is 648 g/mol. The van der Waals surface area contributed by atoms with Crippen molar-refractivity contribution in [3.8, 4) is 23.0 Å². The molecule has 3 atom stereocenters. The minimum Gasteiger partial charge on any atom is -0.493 e. The van der Waals surface area contributed by atoms with Crippen molar-refractivity contribution >= 4 is 29.4 Å². The molecule has 1 unspecified atom stereocenters. The minimum atomic E-state index is -1.000. The Morgan fingerprint density at radius 3 is 2.07 bits per heavy atom. The number of halogens is 1. The Morgan fingerprint density at radius 1 is 0.867 bits per heavy atom. The summed E-state index contributed by atoms with van der Waals surface area (Å²) in [5.74, 6) is -1.63. The van der Waals surface area contributed by atoms with Crippen molar-refractivity contribution < 1.29 is 48.7 Å². The summed E-state index contributed by atoms with van der Waals surface area (Å²) in [6.07, 6.45) is -0.382. The second-order valence-electron chi connectivity index (χ2n) is 11.6. The molecule has 2 aliphatic heterocycles. The average Bonchev–Trinajstić information content (AvgIpc) is 3.64. The molecule has 2 heterocycles. The van der Waals surface area contributed by atoms with Gasteiger partial charge in [0.1, 0.15) is 6.23 Å². The van der Waals surface area contributed by atoms with Crippen molar-refractivity contribution in [2.75, 3.05) is 27.4 Å². The first-order chi connectivity index (χ1) is 21.4. The normalized spacial score (nSPS) is 16.0. The predicted molar refractivity (Wildman–Crippen MR) is 164 cm³/mol. The maximum absolute atomic E-state index is 12.6. The number of hydrogen-bond donors (Lipinski definition) is 3. The summed E-state index contributed by atoms with van der Waals surface area (Å²) >= 11 is 6.73. The van der Waals surface area contributed by atoms with E-state index in [2.05, 4.69) is 0 Å². The molecule has 1 amide bonds. The Labute approximate surface area is 267 Å². The van der Waals surface area contributed by atoms with Crippen LogP contribution in [0.3, 0.4) is 0 Å². The lowest BCUT2D eigenvalue weighted by atomic mass is 10.0. The van der Waals surface area contributed by atoms with Gasteiger partial charge in [0, 0.05) is 39.0 Å². The molecule has 0 aromatic heterocycles. The van der Waals surface area contributed by atoms with Crippen molar-refractivity contribution in [2.24, 2.45) is 11.8 Å². The maximum atomic E-state index is 12.6. The maximum Gasteiger partial charge on any atom is 0.306 e. The second-order valence-corrected chi connectivity index (χ2v) is 12.0. The van der Waals surface area contributed by atoms with Gasteiger partial charge >= 0.3 is 11.9 Å². The Bertz CT molecular complexity index is 1450. The number of carbonyl (C=O) groups is 3.